The molecule has 0 bridgehead atoms. The van der Waals surface area contributed by atoms with Crippen LogP contribution in [-0.2, 0) is 0 Å². The Labute approximate surface area is 308 Å². The third-order valence-corrected chi connectivity index (χ3v) is 11.1. The zero-order valence-corrected chi connectivity index (χ0v) is 27.9. The van der Waals surface area contributed by atoms with Crippen LogP contribution in [0, 0.1) is 0 Å². The molecule has 0 saturated heterocycles. The van der Waals surface area contributed by atoms with Crippen molar-refractivity contribution in [1.82, 2.24) is 9.13 Å². The maximum absolute atomic E-state index is 9.85. The van der Waals surface area contributed by atoms with Crippen LogP contribution in [0.25, 0.3) is 97.4 Å². The van der Waals surface area contributed by atoms with Crippen molar-refractivity contribution in [2.75, 3.05) is 0 Å². The average Bonchev–Trinajstić information content (AvgIpc) is 3.92. The lowest BCUT2D eigenvalue weighted by Crippen LogP contribution is -1.93. The summed E-state index contributed by atoms with van der Waals surface area (Å²) in [6, 6.07) is 44.9. The number of thiophene rings is 1. The van der Waals surface area contributed by atoms with Crippen molar-refractivity contribution in [1.29, 1.82) is 0 Å². The lowest BCUT2D eigenvalue weighted by Gasteiger charge is -2.09. The Hall–Kier alpha value is -6.42. The van der Waals surface area contributed by atoms with Gasteiger partial charge in [0.1, 0.15) is 0 Å². The van der Waals surface area contributed by atoms with Gasteiger partial charge in [-0.3, -0.25) is 0 Å². The highest BCUT2D eigenvalue weighted by Gasteiger charge is 2.17. The summed E-state index contributed by atoms with van der Waals surface area (Å²) < 4.78 is 70.7. The topological polar surface area (TPSA) is 9.86 Å². The van der Waals surface area contributed by atoms with E-state index in [0.717, 1.165) is 58.8 Å². The highest BCUT2D eigenvalue weighted by Crippen LogP contribution is 2.41. The Morgan fingerprint density at radius 1 is 0.373 bits per heavy atom. The molecule has 0 fully saturated rings. The molecule has 3 aromatic heterocycles. The molecule has 0 saturated carbocycles. The van der Waals surface area contributed by atoms with E-state index < -0.39 is 12.1 Å². The van der Waals surface area contributed by atoms with Crippen LogP contribution in [0.2, 0.25) is 0 Å². The summed E-state index contributed by atoms with van der Waals surface area (Å²) in [7, 11) is 0. The number of para-hydroxylation sites is 2. The van der Waals surface area contributed by atoms with Gasteiger partial charge in [-0.05, 0) is 95.0 Å². The predicted molar refractivity (Wildman–Crippen MR) is 219 cm³/mol. The zero-order chi connectivity index (χ0) is 39.6. The predicted octanol–water partition coefficient (Wildman–Crippen LogP) is 13.6. The Kier molecular flexibility index (Phi) is 4.84. The number of hydrogen-bond acceptors (Lipinski definition) is 1. The van der Waals surface area contributed by atoms with Gasteiger partial charge >= 0.3 is 0 Å². The largest absolute Gasteiger partial charge is 0.309 e. The number of hydrogen-bond donors (Lipinski definition) is 0. The van der Waals surface area contributed by atoms with Crippen molar-refractivity contribution < 1.29 is 9.60 Å². The number of aromatic nitrogens is 2. The number of rotatable bonds is 4. The van der Waals surface area contributed by atoms with Gasteiger partial charge in [0.2, 0.25) is 0 Å². The van der Waals surface area contributed by atoms with E-state index in [-0.39, 0.29) is 57.6 Å². The highest BCUT2D eigenvalue weighted by atomic mass is 32.1. The Bertz CT molecular complexity index is 3530. The smallest absolute Gasteiger partial charge is 0.0645 e. The van der Waals surface area contributed by atoms with Crippen molar-refractivity contribution in [2.24, 2.45) is 0 Å². The lowest BCUT2D eigenvalue weighted by atomic mass is 9.99. The molecular weight excluding hydrogens is 637 g/mol. The van der Waals surface area contributed by atoms with Crippen LogP contribution in [0.5, 0.6) is 0 Å². The molecule has 0 aliphatic rings. The summed E-state index contributed by atoms with van der Waals surface area (Å²) in [6.45, 7) is 0. The first-order valence-corrected chi connectivity index (χ1v) is 17.7. The summed E-state index contributed by atoms with van der Waals surface area (Å²) in [5, 5.41) is 4.46. The van der Waals surface area contributed by atoms with E-state index in [1.807, 2.05) is 84.9 Å². The maximum atomic E-state index is 9.85. The molecule has 0 aliphatic heterocycles. The zero-order valence-electron chi connectivity index (χ0n) is 34.1. The van der Waals surface area contributed by atoms with Crippen LogP contribution < -0.4 is 0 Å². The van der Waals surface area contributed by atoms with Gasteiger partial charge in [0.05, 0.1) is 31.7 Å². The van der Waals surface area contributed by atoms with Gasteiger partial charge in [-0.15, -0.1) is 11.3 Å². The fourth-order valence-corrected chi connectivity index (χ4v) is 8.75. The van der Waals surface area contributed by atoms with Crippen molar-refractivity contribution in [3.63, 3.8) is 0 Å². The number of nitrogens with zero attached hydrogens (tertiary/aromatic N) is 2. The van der Waals surface area contributed by atoms with Crippen molar-refractivity contribution >= 4 is 75.1 Å². The molecule has 0 aliphatic carbocycles. The van der Waals surface area contributed by atoms with Crippen LogP contribution in [0.1, 0.15) is 9.60 Å². The summed E-state index contributed by atoms with van der Waals surface area (Å²) in [4.78, 5) is 0. The van der Waals surface area contributed by atoms with Gasteiger partial charge in [-0.1, -0.05) is 109 Å². The summed E-state index contributed by atoms with van der Waals surface area (Å²) in [5.41, 5.74) is 6.85. The normalized spacial score (nSPS) is 13.8. The van der Waals surface area contributed by atoms with E-state index >= 15 is 0 Å². The first-order chi connectivity index (χ1) is 28.2. The molecule has 0 N–H and O–H groups in total. The average molecular weight is 674 g/mol. The first kappa shape index (κ1) is 22.3. The number of fused-ring (bicyclic) bond motifs is 9. The van der Waals surface area contributed by atoms with Crippen LogP contribution in [0.15, 0.2) is 182 Å². The minimum atomic E-state index is -0.414. The van der Waals surface area contributed by atoms with Gasteiger partial charge in [-0.2, -0.15) is 0 Å². The second kappa shape index (κ2) is 11.0. The molecule has 0 amide bonds. The van der Waals surface area contributed by atoms with Gasteiger partial charge in [0, 0.05) is 53.1 Å². The van der Waals surface area contributed by atoms with E-state index in [0.29, 0.717) is 11.3 Å². The molecule has 3 heterocycles. The molecule has 3 heteroatoms. The molecule has 0 spiro atoms. The molecule has 238 valence electrons. The molecule has 0 radical (unpaired) electrons. The highest BCUT2D eigenvalue weighted by molar-refractivity contribution is 7.25. The quantitative estimate of drug-likeness (QED) is 0.176. The van der Waals surface area contributed by atoms with Crippen LogP contribution in [0.4, 0.5) is 0 Å². The van der Waals surface area contributed by atoms with Crippen molar-refractivity contribution in [3.8, 4) is 33.6 Å². The lowest BCUT2D eigenvalue weighted by molar-refractivity contribution is 1.18. The van der Waals surface area contributed by atoms with Gasteiger partial charge in [0.25, 0.3) is 0 Å². The molecule has 8 aromatic carbocycles. The SMILES string of the molecule is [2H]c1c([2H])c([2H])c2c(c1[2H])c1c([2H])c(-c3ccc4c(c3)c3cc(-c5ccccc5)ccc3n4-c3ccccc3)c([2H])c([2H])c1n2-c1ccc2c(c1)sc1ccccc12. The minimum Gasteiger partial charge on any atom is -0.309 e. The monoisotopic (exact) mass is 673 g/mol. The van der Waals surface area contributed by atoms with E-state index in [4.69, 9.17) is 5.48 Å². The molecule has 11 aromatic rings. The third kappa shape index (κ3) is 4.35. The second-order valence-electron chi connectivity index (χ2n) is 12.8. The summed E-state index contributed by atoms with van der Waals surface area (Å²) >= 11 is 1.62. The van der Waals surface area contributed by atoms with Crippen LogP contribution >= 0.6 is 11.3 Å². The van der Waals surface area contributed by atoms with E-state index in [1.165, 1.54) is 0 Å². The first-order valence-electron chi connectivity index (χ1n) is 20.4. The van der Waals surface area contributed by atoms with Crippen LogP contribution in [0.3, 0.4) is 0 Å². The summed E-state index contributed by atoms with van der Waals surface area (Å²) in [6.07, 6.45) is 0. The van der Waals surface area contributed by atoms with E-state index in [9.17, 15) is 4.11 Å². The molecular formula is C48H30N2S. The molecule has 0 atom stereocenters. The number of benzene rings is 8. The van der Waals surface area contributed by atoms with Crippen molar-refractivity contribution in [3.05, 3.63) is 182 Å². The van der Waals surface area contributed by atoms with Gasteiger partial charge in [0.15, 0.2) is 0 Å². The third-order valence-electron chi connectivity index (χ3n) is 9.95. The van der Waals surface area contributed by atoms with Crippen LogP contribution in [-0.4, -0.2) is 9.13 Å². The Morgan fingerprint density at radius 3 is 1.82 bits per heavy atom. The fourth-order valence-electron chi connectivity index (χ4n) is 7.61. The minimum absolute atomic E-state index is 0.0659. The van der Waals surface area contributed by atoms with Gasteiger partial charge < -0.3 is 9.13 Å². The van der Waals surface area contributed by atoms with E-state index in [1.54, 1.807) is 15.9 Å². The fraction of sp³-hybridized carbons (Fsp3) is 0. The standard InChI is InChI=1S/C48H30N2S/c1-3-11-31(12-4-1)32-19-24-45-41(27-32)42-29-34(21-26-46(42)49(45)35-13-5-2-6-14-35)33-20-25-44-40(28-33)37-15-7-9-17-43(37)50(44)36-22-23-39-38-16-8-10-18-47(38)51-48(39)30-36/h1-30H/i7D,9D,15D,17D,20D,25D,28D. The van der Waals surface area contributed by atoms with Gasteiger partial charge in [-0.25, -0.2) is 0 Å². The maximum Gasteiger partial charge on any atom is 0.0645 e. The Morgan fingerprint density at radius 2 is 1.02 bits per heavy atom. The molecule has 11 rings (SSSR count). The second-order valence-corrected chi connectivity index (χ2v) is 13.9. The molecule has 0 unspecified atom stereocenters. The summed E-state index contributed by atoms with van der Waals surface area (Å²) in [5.74, 6) is 0. The molecule has 51 heavy (non-hydrogen) atoms. The van der Waals surface area contributed by atoms with E-state index in [2.05, 4.69) is 59.2 Å². The molecule has 2 nitrogen and oxygen atoms in total. The van der Waals surface area contributed by atoms with Crippen molar-refractivity contribution in [2.45, 2.75) is 0 Å². The Balaban J connectivity index is 1.22.